The summed E-state index contributed by atoms with van der Waals surface area (Å²) >= 11 is 3.73. The zero-order chi connectivity index (χ0) is 78.6. The topological polar surface area (TPSA) is 68.5 Å². The maximum absolute atomic E-state index is 6.42. The van der Waals surface area contributed by atoms with E-state index in [0.29, 0.717) is 0 Å². The van der Waals surface area contributed by atoms with Gasteiger partial charge in [-0.15, -0.1) is 22.7 Å². The second-order valence-corrected chi connectivity index (χ2v) is 33.6. The summed E-state index contributed by atoms with van der Waals surface area (Å²) in [6, 6.07) is 135. The van der Waals surface area contributed by atoms with Crippen LogP contribution in [0.5, 0.6) is 69.0 Å². The van der Waals surface area contributed by atoms with E-state index in [0.717, 1.165) is 124 Å². The quantitative estimate of drug-likeness (QED) is 0.154. The minimum absolute atomic E-state index is 0.0554. The summed E-state index contributed by atoms with van der Waals surface area (Å²) in [5.41, 5.74) is 26.5. The first-order chi connectivity index (χ1) is 59.4. The van der Waals surface area contributed by atoms with Crippen molar-refractivity contribution in [1.29, 1.82) is 0 Å². The summed E-state index contributed by atoms with van der Waals surface area (Å²) in [5.74, 6) is 10.6. The van der Waals surface area contributed by atoms with Crippen molar-refractivity contribution in [2.75, 3.05) is 0 Å². The molecule has 0 radical (unpaired) electrons. The molecule has 558 valence electrons. The molecule has 0 N–H and O–H groups in total. The lowest BCUT2D eigenvalue weighted by Gasteiger charge is -2.33. The van der Waals surface area contributed by atoms with E-state index in [2.05, 4.69) is 291 Å². The molecule has 6 aliphatic heterocycles. The number of ether oxygens (including phenoxy) is 6. The number of rotatable bonds is 6. The normalized spacial score (nSPS) is 12.8. The number of hydrogen-bond acceptors (Lipinski definition) is 9. The Kier molecular flexibility index (Phi) is 15.6. The standard InChI is InChI=1S/C36H21BO3.2C36H21BO2S/c1-3-11-30-26(9-1)27-20-24(15-17-31(27)38-30)22-7-5-8-23(19-22)25-16-18-33-29(21-25)37-28-10-2-4-12-32(28)39-34-13-6-14-35(40-33)36(34)37;1-4-17-34-26(10-1)27-12-6-11-25(36(27)40-34)24-9-5-8-22(20-24)23-18-19-31-29(21-23)37-28-13-2-3-14-30(28)38-32-15-7-16-33(39-31)35(32)37;1-4-14-34-26(9-1)27-20-24(16-18-35(27)40-34)22-7-5-8-23(19-22)25-15-17-31-29(21-25)37-28-10-2-3-11-30(28)38-32-12-6-13-33(39-31)36(32)37/h3*1-21H. The summed E-state index contributed by atoms with van der Waals surface area (Å²) in [6.45, 7) is 0.187. The highest BCUT2D eigenvalue weighted by Gasteiger charge is 2.43. The van der Waals surface area contributed by atoms with Crippen LogP contribution >= 0.6 is 22.7 Å². The van der Waals surface area contributed by atoms with E-state index in [9.17, 15) is 0 Å². The maximum Gasteiger partial charge on any atom is 0.260 e. The molecule has 0 aliphatic carbocycles. The molecular weight excluding hydrogens is 1510 g/mol. The van der Waals surface area contributed by atoms with Crippen molar-refractivity contribution in [3.63, 3.8) is 0 Å². The van der Waals surface area contributed by atoms with Crippen molar-refractivity contribution >= 4 is 154 Å². The molecule has 6 aliphatic rings. The van der Waals surface area contributed by atoms with Gasteiger partial charge in [0.2, 0.25) is 0 Å². The average molecular weight is 1570 g/mol. The third kappa shape index (κ3) is 11.2. The molecule has 0 atom stereocenters. The highest BCUT2D eigenvalue weighted by molar-refractivity contribution is 7.26. The van der Waals surface area contributed by atoms with Crippen LogP contribution in [0, 0.1) is 0 Å². The van der Waals surface area contributed by atoms with Gasteiger partial charge >= 0.3 is 0 Å². The van der Waals surface area contributed by atoms with Crippen LogP contribution in [-0.4, -0.2) is 20.1 Å². The Bertz CT molecular complexity index is 7530. The Morgan fingerprint density at radius 3 is 0.967 bits per heavy atom. The minimum Gasteiger partial charge on any atom is -0.458 e. The predicted molar refractivity (Wildman–Crippen MR) is 498 cm³/mol. The van der Waals surface area contributed by atoms with Crippen LogP contribution in [0.15, 0.2) is 387 Å². The molecule has 27 rings (SSSR count). The summed E-state index contributed by atoms with van der Waals surface area (Å²) in [6.07, 6.45) is 0. The van der Waals surface area contributed by atoms with Crippen molar-refractivity contribution in [2.24, 2.45) is 0 Å². The van der Waals surface area contributed by atoms with Crippen LogP contribution in [0.3, 0.4) is 0 Å². The fraction of sp³-hybridized carbons (Fsp3) is 0. The van der Waals surface area contributed by atoms with Crippen LogP contribution in [0.4, 0.5) is 0 Å². The second-order valence-electron chi connectivity index (χ2n) is 31.4. The van der Waals surface area contributed by atoms with E-state index in [1.165, 1.54) is 123 Å². The van der Waals surface area contributed by atoms with Gasteiger partial charge in [0.25, 0.3) is 20.1 Å². The molecule has 120 heavy (non-hydrogen) atoms. The third-order valence-corrected chi connectivity index (χ3v) is 27.0. The highest BCUT2D eigenvalue weighted by Crippen LogP contribution is 2.45. The first-order valence-corrected chi connectivity index (χ1v) is 42.2. The molecule has 0 spiro atoms. The van der Waals surface area contributed by atoms with Gasteiger partial charge in [-0.2, -0.15) is 0 Å². The number of hydrogen-bond donors (Lipinski definition) is 0. The number of thiophene rings is 2. The highest BCUT2D eigenvalue weighted by atomic mass is 32.1. The Morgan fingerprint density at radius 2 is 0.483 bits per heavy atom. The SMILES string of the molecule is c1cc(-c2ccc3c(c2)B2c4ccccc4Oc4cccc(c42)O3)cc(-c2ccc3oc4ccccc4c3c2)c1.c1cc(-c2ccc3c(c2)B2c4ccccc4Oc4cccc(c42)O3)cc(-c2ccc3sc4ccccc4c3c2)c1.c1cc(-c2ccc3c(c2)B2c4ccccc4Oc4cccc(c42)O3)cc(-c2cccc3c2sc2ccccc23)c1. The van der Waals surface area contributed by atoms with Crippen LogP contribution in [0.2, 0.25) is 0 Å². The molecular formula is C108H63B3O7S2. The molecule has 18 aromatic carbocycles. The van der Waals surface area contributed by atoms with Gasteiger partial charge in [-0.25, -0.2) is 0 Å². The van der Waals surface area contributed by atoms with E-state index in [4.69, 9.17) is 32.8 Å². The molecule has 0 amide bonds. The number of fused-ring (bicyclic) bond motifs is 21. The number of furan rings is 1. The van der Waals surface area contributed by atoms with Crippen LogP contribution in [0.25, 0.3) is 129 Å². The van der Waals surface area contributed by atoms with E-state index < -0.39 is 0 Å². The van der Waals surface area contributed by atoms with Crippen molar-refractivity contribution in [3.05, 3.63) is 382 Å². The van der Waals surface area contributed by atoms with Crippen LogP contribution in [0.1, 0.15) is 0 Å². The summed E-state index contributed by atoms with van der Waals surface area (Å²) in [5, 5.41) is 7.57. The number of para-hydroxylation sites is 4. The fourth-order valence-corrected chi connectivity index (χ4v) is 21.4. The lowest BCUT2D eigenvalue weighted by Crippen LogP contribution is -2.57. The van der Waals surface area contributed by atoms with E-state index in [-0.39, 0.29) is 20.1 Å². The van der Waals surface area contributed by atoms with Crippen molar-refractivity contribution in [3.8, 4) is 136 Å². The number of benzene rings is 18. The van der Waals surface area contributed by atoms with E-state index >= 15 is 0 Å². The van der Waals surface area contributed by atoms with Crippen LogP contribution < -0.4 is 77.6 Å². The first-order valence-electron chi connectivity index (χ1n) is 40.6. The predicted octanol–water partition coefficient (Wildman–Crippen LogP) is 23.9. The van der Waals surface area contributed by atoms with Gasteiger partial charge in [0, 0.05) is 67.5 Å². The molecule has 7 nitrogen and oxygen atoms in total. The lowest BCUT2D eigenvalue weighted by molar-refractivity contribution is 0.464. The minimum atomic E-state index is 0.0554. The average Bonchev–Trinajstić information content (AvgIpc) is 1.21. The van der Waals surface area contributed by atoms with Gasteiger partial charge in [-0.3, -0.25) is 0 Å². The molecule has 9 heterocycles. The van der Waals surface area contributed by atoms with Gasteiger partial charge in [0.15, 0.2) is 0 Å². The molecule has 0 saturated carbocycles. The van der Waals surface area contributed by atoms with E-state index in [1.807, 2.05) is 114 Å². The van der Waals surface area contributed by atoms with Gasteiger partial charge in [0.1, 0.15) is 80.2 Å². The zero-order valence-corrected chi connectivity index (χ0v) is 65.9. The summed E-state index contributed by atoms with van der Waals surface area (Å²) < 4.78 is 49.5. The monoisotopic (exact) mass is 1570 g/mol. The van der Waals surface area contributed by atoms with Crippen molar-refractivity contribution in [2.45, 2.75) is 0 Å². The molecule has 0 bridgehead atoms. The third-order valence-electron chi connectivity index (χ3n) is 24.6. The molecule has 0 unspecified atom stereocenters. The van der Waals surface area contributed by atoms with Crippen molar-refractivity contribution in [1.82, 2.24) is 0 Å². The molecule has 3 aromatic heterocycles. The van der Waals surface area contributed by atoms with Gasteiger partial charge < -0.3 is 32.8 Å². The zero-order valence-electron chi connectivity index (χ0n) is 64.3. The van der Waals surface area contributed by atoms with E-state index in [1.54, 1.807) is 0 Å². The summed E-state index contributed by atoms with van der Waals surface area (Å²) in [4.78, 5) is 0. The van der Waals surface area contributed by atoms with Crippen molar-refractivity contribution < 1.29 is 32.8 Å². The summed E-state index contributed by atoms with van der Waals surface area (Å²) in [7, 11) is 0. The Hall–Kier alpha value is -14.8. The Labute approximate surface area is 700 Å². The second kappa shape index (κ2) is 27.4. The molecule has 21 aromatic rings. The molecule has 0 fully saturated rings. The van der Waals surface area contributed by atoms with Gasteiger partial charge in [-0.05, 0) is 233 Å². The Balaban J connectivity index is 0.0000000997. The van der Waals surface area contributed by atoms with Crippen LogP contribution in [-0.2, 0) is 0 Å². The van der Waals surface area contributed by atoms with Gasteiger partial charge in [-0.1, -0.05) is 249 Å². The molecule has 12 heteroatoms. The Morgan fingerprint density at radius 1 is 0.175 bits per heavy atom. The lowest BCUT2D eigenvalue weighted by atomic mass is 9.35. The largest absolute Gasteiger partial charge is 0.458 e. The maximum atomic E-state index is 6.42. The van der Waals surface area contributed by atoms with Gasteiger partial charge in [0.05, 0.1) is 0 Å². The fourth-order valence-electron chi connectivity index (χ4n) is 19.1. The smallest absolute Gasteiger partial charge is 0.260 e. The first kappa shape index (κ1) is 68.4. The molecule has 0 saturated heterocycles.